The van der Waals surface area contributed by atoms with Crippen molar-refractivity contribution in [3.8, 4) is 0 Å². The van der Waals surface area contributed by atoms with Crippen LogP contribution in [0, 0.1) is 0 Å². The maximum absolute atomic E-state index is 12.3. The van der Waals surface area contributed by atoms with Gasteiger partial charge in [0.05, 0.1) is 0 Å². The van der Waals surface area contributed by atoms with Crippen molar-refractivity contribution in [3.05, 3.63) is 64.7 Å². The van der Waals surface area contributed by atoms with Gasteiger partial charge < -0.3 is 15.5 Å². The lowest BCUT2D eigenvalue weighted by Gasteiger charge is -2.18. The van der Waals surface area contributed by atoms with Crippen molar-refractivity contribution < 1.29 is 4.79 Å². The molecule has 3 rings (SSSR count). The van der Waals surface area contributed by atoms with Gasteiger partial charge in [-0.05, 0) is 47.4 Å². The smallest absolute Gasteiger partial charge is 0.251 e. The molecule has 6 heteroatoms. The highest BCUT2D eigenvalue weighted by atomic mass is 35.5. The number of fused-ring (bicyclic) bond motifs is 1. The highest BCUT2D eigenvalue weighted by molar-refractivity contribution is 5.94. The van der Waals surface area contributed by atoms with Crippen LogP contribution < -0.4 is 15.5 Å². The van der Waals surface area contributed by atoms with E-state index in [1.165, 1.54) is 11.1 Å². The minimum absolute atomic E-state index is 0. The first-order valence-corrected chi connectivity index (χ1v) is 8.58. The lowest BCUT2D eigenvalue weighted by molar-refractivity contribution is 0.0951. The Hall–Kier alpha value is -1.75. The molecular formula is C20H27Cl2N3O. The maximum atomic E-state index is 12.3. The van der Waals surface area contributed by atoms with Crippen LogP contribution in [0.1, 0.15) is 40.4 Å². The Labute approximate surface area is 168 Å². The fraction of sp³-hybridized carbons (Fsp3) is 0.350. The number of benzene rings is 2. The first-order valence-electron chi connectivity index (χ1n) is 8.58. The van der Waals surface area contributed by atoms with E-state index in [9.17, 15) is 4.79 Å². The number of nitrogens with one attached hydrogen (secondary N) is 2. The summed E-state index contributed by atoms with van der Waals surface area (Å²) in [5, 5.41) is 6.34. The SMILES string of the molecule is CCCN(C)c1ccc(C(=O)NCc2ccc3c(c2)CNC3)cc1.Cl.Cl. The number of hydrogen-bond acceptors (Lipinski definition) is 3. The van der Waals surface area contributed by atoms with Crippen LogP contribution in [0.15, 0.2) is 42.5 Å². The largest absolute Gasteiger partial charge is 0.375 e. The van der Waals surface area contributed by atoms with Crippen LogP contribution in [0.25, 0.3) is 0 Å². The molecule has 2 aromatic rings. The van der Waals surface area contributed by atoms with Crippen molar-refractivity contribution in [3.63, 3.8) is 0 Å². The van der Waals surface area contributed by atoms with E-state index in [2.05, 4.69) is 47.7 Å². The third kappa shape index (κ3) is 5.37. The molecule has 0 atom stereocenters. The van der Waals surface area contributed by atoms with Crippen LogP contribution in [0.2, 0.25) is 0 Å². The van der Waals surface area contributed by atoms with E-state index in [0.29, 0.717) is 12.1 Å². The first kappa shape index (κ1) is 22.3. The van der Waals surface area contributed by atoms with E-state index in [1.54, 1.807) is 0 Å². The Morgan fingerprint density at radius 1 is 1.08 bits per heavy atom. The minimum atomic E-state index is -0.0293. The van der Waals surface area contributed by atoms with Crippen LogP contribution in [-0.4, -0.2) is 19.5 Å². The second-order valence-corrected chi connectivity index (χ2v) is 6.36. The zero-order chi connectivity index (χ0) is 16.9. The van der Waals surface area contributed by atoms with Gasteiger partial charge in [-0.25, -0.2) is 0 Å². The quantitative estimate of drug-likeness (QED) is 0.778. The highest BCUT2D eigenvalue weighted by Crippen LogP contribution is 2.17. The fourth-order valence-corrected chi connectivity index (χ4v) is 3.07. The van der Waals surface area contributed by atoms with E-state index < -0.39 is 0 Å². The molecular weight excluding hydrogens is 369 g/mol. The Balaban J connectivity index is 0.00000169. The molecule has 1 aliphatic heterocycles. The van der Waals surface area contributed by atoms with E-state index in [0.717, 1.165) is 37.3 Å². The van der Waals surface area contributed by atoms with Crippen molar-refractivity contribution in [2.75, 3.05) is 18.5 Å². The standard InChI is InChI=1S/C20H25N3O.2ClH/c1-3-10-23(2)19-8-6-16(7-9-19)20(24)22-12-15-4-5-17-13-21-14-18(17)11-15;;/h4-9,11,21H,3,10,12-14H2,1-2H3,(H,22,24);2*1H. The van der Waals surface area contributed by atoms with Gasteiger partial charge in [-0.1, -0.05) is 25.1 Å². The summed E-state index contributed by atoms with van der Waals surface area (Å²) in [6.45, 7) is 5.60. The van der Waals surface area contributed by atoms with E-state index >= 15 is 0 Å². The van der Waals surface area contributed by atoms with Crippen molar-refractivity contribution in [2.24, 2.45) is 0 Å². The number of carbonyl (C=O) groups is 1. The Bertz CT molecular complexity index is 719. The number of anilines is 1. The summed E-state index contributed by atoms with van der Waals surface area (Å²) in [6, 6.07) is 14.2. The second-order valence-electron chi connectivity index (χ2n) is 6.36. The van der Waals surface area contributed by atoms with Crippen LogP contribution in [-0.2, 0) is 19.6 Å². The van der Waals surface area contributed by atoms with Gasteiger partial charge in [-0.2, -0.15) is 0 Å². The predicted molar refractivity (Wildman–Crippen MR) is 113 cm³/mol. The average Bonchev–Trinajstić information content (AvgIpc) is 3.07. The van der Waals surface area contributed by atoms with Crippen LogP contribution in [0.3, 0.4) is 0 Å². The minimum Gasteiger partial charge on any atom is -0.375 e. The molecule has 26 heavy (non-hydrogen) atoms. The molecule has 1 heterocycles. The molecule has 0 unspecified atom stereocenters. The zero-order valence-corrected chi connectivity index (χ0v) is 16.9. The third-order valence-corrected chi connectivity index (χ3v) is 4.48. The van der Waals surface area contributed by atoms with Gasteiger partial charge >= 0.3 is 0 Å². The number of hydrogen-bond donors (Lipinski definition) is 2. The number of rotatable bonds is 6. The Kier molecular flexibility index (Phi) is 8.93. The van der Waals surface area contributed by atoms with Crippen molar-refractivity contribution >= 4 is 36.4 Å². The Morgan fingerprint density at radius 3 is 2.46 bits per heavy atom. The van der Waals surface area contributed by atoms with Gasteiger partial charge in [0, 0.05) is 44.5 Å². The van der Waals surface area contributed by atoms with E-state index in [-0.39, 0.29) is 30.7 Å². The molecule has 142 valence electrons. The van der Waals surface area contributed by atoms with Crippen LogP contribution >= 0.6 is 24.8 Å². The molecule has 2 aromatic carbocycles. The number of amides is 1. The van der Waals surface area contributed by atoms with Crippen LogP contribution in [0.4, 0.5) is 5.69 Å². The van der Waals surface area contributed by atoms with Crippen molar-refractivity contribution in [1.29, 1.82) is 0 Å². The molecule has 0 aromatic heterocycles. The van der Waals surface area contributed by atoms with E-state index in [1.807, 2.05) is 24.3 Å². The highest BCUT2D eigenvalue weighted by Gasteiger charge is 2.11. The van der Waals surface area contributed by atoms with Gasteiger partial charge in [0.1, 0.15) is 0 Å². The molecule has 4 nitrogen and oxygen atoms in total. The molecule has 0 fully saturated rings. The summed E-state index contributed by atoms with van der Waals surface area (Å²) in [6.07, 6.45) is 1.11. The monoisotopic (exact) mass is 395 g/mol. The van der Waals surface area contributed by atoms with Gasteiger partial charge in [-0.3, -0.25) is 4.79 Å². The zero-order valence-electron chi connectivity index (χ0n) is 15.2. The average molecular weight is 396 g/mol. The molecule has 0 spiro atoms. The van der Waals surface area contributed by atoms with Gasteiger partial charge in [0.15, 0.2) is 0 Å². The van der Waals surface area contributed by atoms with Crippen molar-refractivity contribution in [2.45, 2.75) is 33.0 Å². The molecule has 0 aliphatic carbocycles. The normalized spacial score (nSPS) is 11.8. The van der Waals surface area contributed by atoms with Crippen LogP contribution in [0.5, 0.6) is 0 Å². The van der Waals surface area contributed by atoms with Gasteiger partial charge in [0.25, 0.3) is 5.91 Å². The molecule has 1 aliphatic rings. The molecule has 0 radical (unpaired) electrons. The molecule has 2 N–H and O–H groups in total. The third-order valence-electron chi connectivity index (χ3n) is 4.48. The fourth-order valence-electron chi connectivity index (χ4n) is 3.07. The second kappa shape index (κ2) is 10.4. The summed E-state index contributed by atoms with van der Waals surface area (Å²) in [5.41, 5.74) is 5.68. The predicted octanol–water partition coefficient (Wildman–Crippen LogP) is 3.91. The lowest BCUT2D eigenvalue weighted by Crippen LogP contribution is -2.23. The van der Waals surface area contributed by atoms with Crippen molar-refractivity contribution in [1.82, 2.24) is 10.6 Å². The lowest BCUT2D eigenvalue weighted by atomic mass is 10.1. The van der Waals surface area contributed by atoms with E-state index in [4.69, 9.17) is 0 Å². The van der Waals surface area contributed by atoms with Gasteiger partial charge in [0.2, 0.25) is 0 Å². The maximum Gasteiger partial charge on any atom is 0.251 e. The number of halogens is 2. The Morgan fingerprint density at radius 2 is 1.77 bits per heavy atom. The summed E-state index contributed by atoms with van der Waals surface area (Å²) < 4.78 is 0. The molecule has 0 saturated heterocycles. The molecule has 0 bridgehead atoms. The summed E-state index contributed by atoms with van der Waals surface area (Å²) in [7, 11) is 2.07. The number of nitrogens with zero attached hydrogens (tertiary/aromatic N) is 1. The molecule has 0 saturated carbocycles. The molecule has 1 amide bonds. The topological polar surface area (TPSA) is 44.4 Å². The summed E-state index contributed by atoms with van der Waals surface area (Å²) in [4.78, 5) is 14.5. The summed E-state index contributed by atoms with van der Waals surface area (Å²) in [5.74, 6) is -0.0293. The first-order chi connectivity index (χ1) is 11.7. The van der Waals surface area contributed by atoms with Gasteiger partial charge in [-0.15, -0.1) is 24.8 Å². The summed E-state index contributed by atoms with van der Waals surface area (Å²) >= 11 is 0. The number of carbonyl (C=O) groups excluding carboxylic acids is 1.